The molecule has 1 aromatic carbocycles. The van der Waals surface area contributed by atoms with E-state index in [1.807, 2.05) is 30.3 Å². The number of nitrogens with zero attached hydrogens (tertiary/aromatic N) is 1. The average molecular weight is 391 g/mol. The summed E-state index contributed by atoms with van der Waals surface area (Å²) in [5.41, 5.74) is 2.80. The molecule has 2 heterocycles. The van der Waals surface area contributed by atoms with Crippen molar-refractivity contribution in [3.8, 4) is 0 Å². The Morgan fingerprint density at radius 1 is 1.25 bits per heavy atom. The van der Waals surface area contributed by atoms with E-state index in [-0.39, 0.29) is 24.8 Å². The van der Waals surface area contributed by atoms with Crippen LogP contribution in [0.3, 0.4) is 0 Å². The van der Waals surface area contributed by atoms with Crippen molar-refractivity contribution >= 4 is 18.0 Å². The number of rotatable bonds is 4. The van der Waals surface area contributed by atoms with E-state index >= 15 is 0 Å². The number of piperidine rings is 1. The van der Waals surface area contributed by atoms with E-state index in [0.29, 0.717) is 13.1 Å². The number of hydroxylamine groups is 1. The van der Waals surface area contributed by atoms with Crippen LogP contribution in [0.1, 0.15) is 24.3 Å². The van der Waals surface area contributed by atoms with Gasteiger partial charge in [-0.05, 0) is 18.4 Å². The topological polar surface area (TPSA) is 117 Å². The molecule has 2 aliphatic heterocycles. The number of hydrogen-bond acceptors (Lipinski definition) is 7. The fourth-order valence-corrected chi connectivity index (χ4v) is 3.93. The molecule has 28 heavy (non-hydrogen) atoms. The maximum absolute atomic E-state index is 13.1. The molecule has 3 rings (SSSR count). The number of ether oxygens (including phenoxy) is 2. The van der Waals surface area contributed by atoms with Crippen molar-refractivity contribution in [2.45, 2.75) is 30.9 Å². The van der Waals surface area contributed by atoms with E-state index in [4.69, 9.17) is 9.94 Å². The van der Waals surface area contributed by atoms with Crippen LogP contribution in [0.2, 0.25) is 0 Å². The molecular weight excluding hydrogens is 366 g/mol. The third-order valence-electron chi connectivity index (χ3n) is 5.40. The van der Waals surface area contributed by atoms with Crippen LogP contribution in [-0.2, 0) is 19.1 Å². The number of nitrogens with one attached hydrogen (secondary N) is 2. The Kier molecular flexibility index (Phi) is 6.48. The van der Waals surface area contributed by atoms with Gasteiger partial charge in [-0.2, -0.15) is 0 Å². The van der Waals surface area contributed by atoms with E-state index in [2.05, 4.69) is 10.1 Å². The molecule has 2 amide bonds. The summed E-state index contributed by atoms with van der Waals surface area (Å²) in [5.74, 6) is -1.49. The van der Waals surface area contributed by atoms with Gasteiger partial charge in [-0.1, -0.05) is 30.3 Å². The van der Waals surface area contributed by atoms with Crippen molar-refractivity contribution in [2.75, 3.05) is 26.7 Å². The maximum atomic E-state index is 13.1. The first-order valence-corrected chi connectivity index (χ1v) is 9.29. The molecule has 0 spiro atoms. The monoisotopic (exact) mass is 391 g/mol. The zero-order valence-corrected chi connectivity index (χ0v) is 15.7. The molecule has 2 aliphatic rings. The molecule has 0 aliphatic carbocycles. The van der Waals surface area contributed by atoms with Gasteiger partial charge in [0.25, 0.3) is 0 Å². The smallest absolute Gasteiger partial charge is 0.438 e. The number of methoxy groups -OCH3 is 1. The largest absolute Gasteiger partial charge is 0.508 e. The number of carbonyl (C=O) groups is 3. The molecule has 4 atom stereocenters. The summed E-state index contributed by atoms with van der Waals surface area (Å²) in [6, 6.07) is 9.22. The third-order valence-corrected chi connectivity index (χ3v) is 5.40. The second-order valence-corrected chi connectivity index (χ2v) is 7.08. The first-order valence-electron chi connectivity index (χ1n) is 9.29. The summed E-state index contributed by atoms with van der Waals surface area (Å²) in [6.45, 7) is 1.40. The Hall–Kier alpha value is -2.65. The first kappa shape index (κ1) is 20.1. The Balaban J connectivity index is 1.66. The van der Waals surface area contributed by atoms with Crippen LogP contribution in [0.4, 0.5) is 4.79 Å². The number of likely N-dealkylation sites (tertiary alicyclic amines) is 1. The highest BCUT2D eigenvalue weighted by atomic mass is 16.7. The van der Waals surface area contributed by atoms with Gasteiger partial charge in [-0.25, -0.2) is 10.3 Å². The molecular formula is C19H25N3O6. The molecule has 152 valence electrons. The van der Waals surface area contributed by atoms with Crippen molar-refractivity contribution < 1.29 is 29.1 Å². The Morgan fingerprint density at radius 2 is 2.00 bits per heavy atom. The van der Waals surface area contributed by atoms with E-state index in [9.17, 15) is 14.4 Å². The lowest BCUT2D eigenvalue weighted by atomic mass is 9.87. The minimum absolute atomic E-state index is 0.112. The fraction of sp³-hybridized carbons (Fsp3) is 0.526. The van der Waals surface area contributed by atoms with Gasteiger partial charge in [0.15, 0.2) is 0 Å². The van der Waals surface area contributed by atoms with E-state index < -0.39 is 30.1 Å². The normalized spacial score (nSPS) is 27.1. The van der Waals surface area contributed by atoms with Crippen LogP contribution in [0.25, 0.3) is 0 Å². The predicted octanol–water partition coefficient (Wildman–Crippen LogP) is 0.638. The molecule has 2 saturated heterocycles. The van der Waals surface area contributed by atoms with Gasteiger partial charge in [0, 0.05) is 25.6 Å². The lowest BCUT2D eigenvalue weighted by Gasteiger charge is -2.36. The van der Waals surface area contributed by atoms with Gasteiger partial charge in [-0.3, -0.25) is 14.8 Å². The maximum Gasteiger partial charge on any atom is 0.508 e. The van der Waals surface area contributed by atoms with Crippen LogP contribution in [-0.4, -0.2) is 67.0 Å². The van der Waals surface area contributed by atoms with Gasteiger partial charge >= 0.3 is 6.16 Å². The van der Waals surface area contributed by atoms with Crippen LogP contribution >= 0.6 is 0 Å². The van der Waals surface area contributed by atoms with E-state index in [1.165, 1.54) is 12.7 Å². The van der Waals surface area contributed by atoms with Crippen molar-refractivity contribution in [1.29, 1.82) is 0 Å². The zero-order valence-electron chi connectivity index (χ0n) is 15.7. The molecule has 1 aromatic rings. The van der Waals surface area contributed by atoms with E-state index in [0.717, 1.165) is 6.42 Å². The summed E-state index contributed by atoms with van der Waals surface area (Å²) in [5, 5.41) is 12.1. The number of benzene rings is 1. The zero-order chi connectivity index (χ0) is 20.1. The molecule has 0 saturated carbocycles. The highest BCUT2D eigenvalue weighted by Gasteiger charge is 2.43. The molecule has 0 aromatic heterocycles. The van der Waals surface area contributed by atoms with Crippen LogP contribution in [0, 0.1) is 5.92 Å². The molecule has 0 radical (unpaired) electrons. The summed E-state index contributed by atoms with van der Waals surface area (Å²) in [6.07, 6.45) is -0.520. The second-order valence-electron chi connectivity index (χ2n) is 7.08. The molecule has 0 bridgehead atoms. The van der Waals surface area contributed by atoms with Gasteiger partial charge in [0.2, 0.25) is 11.8 Å². The summed E-state index contributed by atoms with van der Waals surface area (Å²) in [4.78, 5) is 38.3. The number of amides is 2. The Labute approximate surface area is 162 Å². The summed E-state index contributed by atoms with van der Waals surface area (Å²) < 4.78 is 9.55. The lowest BCUT2D eigenvalue weighted by molar-refractivity contribution is -0.145. The minimum atomic E-state index is -0.864. The van der Waals surface area contributed by atoms with E-state index in [1.54, 1.807) is 10.4 Å². The number of carbonyl (C=O) groups excluding carboxylic acids is 3. The van der Waals surface area contributed by atoms with Crippen LogP contribution in [0.5, 0.6) is 0 Å². The second kappa shape index (κ2) is 9.03. The van der Waals surface area contributed by atoms with Gasteiger partial charge in [0.1, 0.15) is 6.10 Å². The average Bonchev–Trinajstić information content (AvgIpc) is 3.23. The van der Waals surface area contributed by atoms with Crippen molar-refractivity contribution in [2.24, 2.45) is 5.92 Å². The van der Waals surface area contributed by atoms with Gasteiger partial charge in [0.05, 0.1) is 19.1 Å². The SMILES string of the molecule is COC(=O)O[C@@H]1CN[C@H](C(=O)N2CC[C@H](c3ccccc3)C2)[C@@H](C(=O)NO)C1. The molecule has 9 nitrogen and oxygen atoms in total. The molecule has 9 heteroatoms. The summed E-state index contributed by atoms with van der Waals surface area (Å²) in [7, 11) is 1.19. The lowest BCUT2D eigenvalue weighted by Crippen LogP contribution is -2.59. The van der Waals surface area contributed by atoms with Crippen molar-refractivity contribution in [3.63, 3.8) is 0 Å². The Bertz CT molecular complexity index is 713. The van der Waals surface area contributed by atoms with Crippen LogP contribution < -0.4 is 10.8 Å². The Morgan fingerprint density at radius 3 is 2.68 bits per heavy atom. The summed E-state index contributed by atoms with van der Waals surface area (Å²) >= 11 is 0. The highest BCUT2D eigenvalue weighted by molar-refractivity contribution is 5.90. The predicted molar refractivity (Wildman–Crippen MR) is 97.5 cm³/mol. The van der Waals surface area contributed by atoms with Gasteiger partial charge in [-0.15, -0.1) is 0 Å². The van der Waals surface area contributed by atoms with Crippen molar-refractivity contribution in [3.05, 3.63) is 35.9 Å². The third kappa shape index (κ3) is 4.42. The fourth-order valence-electron chi connectivity index (χ4n) is 3.93. The molecule has 2 fully saturated rings. The number of hydrogen-bond donors (Lipinski definition) is 3. The quantitative estimate of drug-likeness (QED) is 0.392. The molecule has 3 N–H and O–H groups in total. The minimum Gasteiger partial charge on any atom is -0.438 e. The first-order chi connectivity index (χ1) is 13.5. The molecule has 0 unspecified atom stereocenters. The standard InChI is InChI=1S/C19H25N3O6/c1-27-19(25)28-14-9-15(17(23)21-26)16(20-10-14)18(24)22-8-7-13(11-22)12-5-3-2-4-6-12/h2-6,13-16,20,26H,7-11H2,1H3,(H,21,23)/t13-,14-,15-,16-/m0/s1. The van der Waals surface area contributed by atoms with Gasteiger partial charge < -0.3 is 19.7 Å². The van der Waals surface area contributed by atoms with Crippen LogP contribution in [0.15, 0.2) is 30.3 Å². The highest BCUT2D eigenvalue weighted by Crippen LogP contribution is 2.29. The van der Waals surface area contributed by atoms with Crippen molar-refractivity contribution in [1.82, 2.24) is 15.7 Å².